The van der Waals surface area contributed by atoms with E-state index in [1.807, 2.05) is 0 Å². The van der Waals surface area contributed by atoms with Crippen LogP contribution in [0.5, 0.6) is 5.75 Å². The molecule has 10 heteroatoms. The second-order valence-corrected chi connectivity index (χ2v) is 9.63. The van der Waals surface area contributed by atoms with E-state index >= 15 is 0 Å². The predicted molar refractivity (Wildman–Crippen MR) is 104 cm³/mol. The van der Waals surface area contributed by atoms with Crippen molar-refractivity contribution in [2.45, 2.75) is 14.7 Å². The van der Waals surface area contributed by atoms with E-state index in [0.717, 1.165) is 21.9 Å². The lowest BCUT2D eigenvalue weighted by atomic mass is 10.2. The molecule has 0 radical (unpaired) electrons. The number of phenolic OH excluding ortho intramolecular Hbond substituents is 1. The van der Waals surface area contributed by atoms with Crippen LogP contribution in [0, 0.1) is 0 Å². The number of carbonyl (C=O) groups is 1. The minimum atomic E-state index is -9.82. The van der Waals surface area contributed by atoms with Crippen LogP contribution in [0.2, 0.25) is 0 Å². The van der Waals surface area contributed by atoms with Crippen LogP contribution in [0.15, 0.2) is 87.5 Å². The number of phenols is 1. The quantitative estimate of drug-likeness (QED) is 0.399. The van der Waals surface area contributed by atoms with Crippen molar-refractivity contribution in [3.05, 3.63) is 78.4 Å². The van der Waals surface area contributed by atoms with Gasteiger partial charge in [0.05, 0.1) is 0 Å². The van der Waals surface area contributed by atoms with E-state index in [1.54, 1.807) is 24.3 Å². The Morgan fingerprint density at radius 1 is 0.828 bits per heavy atom. The summed E-state index contributed by atoms with van der Waals surface area (Å²) in [4.78, 5) is 11.8. The van der Waals surface area contributed by atoms with Gasteiger partial charge in [-0.2, -0.15) is 0 Å². The number of rotatable bonds is 5. The zero-order valence-electron chi connectivity index (χ0n) is 14.5. The molecule has 0 fully saturated rings. The van der Waals surface area contributed by atoms with E-state index in [9.17, 15) is 29.3 Å². The van der Waals surface area contributed by atoms with Crippen molar-refractivity contribution < 1.29 is 29.3 Å². The molecule has 0 aliphatic heterocycles. The van der Waals surface area contributed by atoms with Crippen LogP contribution in [-0.4, -0.2) is 11.0 Å². The molecule has 0 aliphatic rings. The number of aromatic hydroxyl groups is 1. The summed E-state index contributed by atoms with van der Waals surface area (Å²) in [5.41, 5.74) is -0.235. The summed E-state index contributed by atoms with van der Waals surface area (Å²) in [6.45, 7) is 0. The number of halogens is 5. The normalized spacial score (nSPS) is 14.0. The van der Waals surface area contributed by atoms with Crippen molar-refractivity contribution in [3.8, 4) is 5.75 Å². The zero-order chi connectivity index (χ0) is 21.3. The van der Waals surface area contributed by atoms with Crippen molar-refractivity contribution >= 4 is 33.6 Å². The molecule has 0 heterocycles. The molecule has 3 rings (SSSR count). The van der Waals surface area contributed by atoms with E-state index in [-0.39, 0.29) is 29.1 Å². The first-order chi connectivity index (χ1) is 13.3. The molecule has 0 spiro atoms. The van der Waals surface area contributed by atoms with E-state index in [2.05, 4.69) is 5.32 Å². The minimum absolute atomic E-state index is 0.135. The fourth-order valence-electron chi connectivity index (χ4n) is 2.34. The number of amides is 1. The molecule has 0 saturated heterocycles. The summed E-state index contributed by atoms with van der Waals surface area (Å²) in [6.07, 6.45) is 0. The molecule has 0 saturated carbocycles. The fraction of sp³-hybridized carbons (Fsp3) is 0. The van der Waals surface area contributed by atoms with Crippen LogP contribution < -0.4 is 5.32 Å². The Hall–Kier alpha value is -2.72. The van der Waals surface area contributed by atoms with Gasteiger partial charge in [0.15, 0.2) is 0 Å². The molecule has 3 nitrogen and oxygen atoms in total. The topological polar surface area (TPSA) is 49.3 Å². The van der Waals surface area contributed by atoms with Gasteiger partial charge in [-0.15, -0.1) is 0 Å². The molecule has 3 aromatic rings. The van der Waals surface area contributed by atoms with E-state index in [0.29, 0.717) is 0 Å². The molecular weight excluding hydrogens is 433 g/mol. The standard InChI is InChI=1S/C19H14F5NO2S2/c20-29(21,22,23,24)18-3-1-2-14(12-18)25-19(27)13-4-8-16(9-5-13)28-17-10-6-15(26)7-11-17/h1-12,26H,(H,25,27). The second-order valence-electron chi connectivity index (χ2n) is 6.07. The summed E-state index contributed by atoms with van der Waals surface area (Å²) >= 11 is 1.38. The Labute approximate surface area is 167 Å². The maximum atomic E-state index is 12.9. The number of nitrogens with one attached hydrogen (secondary N) is 1. The maximum absolute atomic E-state index is 12.9. The van der Waals surface area contributed by atoms with Gasteiger partial charge in [0, 0.05) is 21.0 Å². The first-order valence-electron chi connectivity index (χ1n) is 8.03. The average Bonchev–Trinajstić information content (AvgIpc) is 2.63. The van der Waals surface area contributed by atoms with Crippen molar-refractivity contribution in [2.75, 3.05) is 5.32 Å². The first-order valence-corrected chi connectivity index (χ1v) is 10.8. The van der Waals surface area contributed by atoms with Crippen LogP contribution in [0.25, 0.3) is 0 Å². The Kier molecular flexibility index (Phi) is 4.83. The van der Waals surface area contributed by atoms with E-state index in [1.165, 1.54) is 36.0 Å². The van der Waals surface area contributed by atoms with Crippen molar-refractivity contribution in [3.63, 3.8) is 0 Å². The molecule has 0 atom stereocenters. The van der Waals surface area contributed by atoms with Crippen LogP contribution >= 0.6 is 22.0 Å². The first kappa shape index (κ1) is 21.0. The smallest absolute Gasteiger partial charge is 0.310 e. The van der Waals surface area contributed by atoms with Gasteiger partial charge in [-0.3, -0.25) is 4.79 Å². The Bertz CT molecular complexity index is 1050. The number of hydrogen-bond acceptors (Lipinski definition) is 3. The minimum Gasteiger partial charge on any atom is -0.508 e. The van der Waals surface area contributed by atoms with E-state index in [4.69, 9.17) is 0 Å². The summed E-state index contributed by atoms with van der Waals surface area (Å²) in [5.74, 6) is -0.596. The van der Waals surface area contributed by atoms with Gasteiger partial charge < -0.3 is 10.4 Å². The van der Waals surface area contributed by atoms with E-state index < -0.39 is 21.0 Å². The summed E-state index contributed by atoms with van der Waals surface area (Å²) < 4.78 is 64.5. The number of carbonyl (C=O) groups excluding carboxylic acids is 1. The predicted octanol–water partition coefficient (Wildman–Crippen LogP) is 7.45. The van der Waals surface area contributed by atoms with Gasteiger partial charge in [-0.05, 0) is 66.7 Å². The zero-order valence-corrected chi connectivity index (χ0v) is 16.1. The summed E-state index contributed by atoms with van der Waals surface area (Å²) in [7, 11) is -9.82. The van der Waals surface area contributed by atoms with Gasteiger partial charge in [-0.25, -0.2) is 0 Å². The van der Waals surface area contributed by atoms with Crippen molar-refractivity contribution in [1.29, 1.82) is 0 Å². The molecule has 2 N–H and O–H groups in total. The molecule has 1 amide bonds. The van der Waals surface area contributed by atoms with Crippen LogP contribution in [-0.2, 0) is 0 Å². The van der Waals surface area contributed by atoms with Gasteiger partial charge >= 0.3 is 10.2 Å². The number of anilines is 1. The summed E-state index contributed by atoms with van der Waals surface area (Å²) in [6, 6.07) is 15.1. The molecule has 0 unspecified atom stereocenters. The molecular formula is C19H14F5NO2S2. The highest BCUT2D eigenvalue weighted by molar-refractivity contribution is 8.45. The molecule has 0 bridgehead atoms. The number of benzene rings is 3. The SMILES string of the molecule is O=C(Nc1cccc(S(F)(F)(F)(F)F)c1)c1ccc(Sc2ccc(O)cc2)cc1. The third kappa shape index (κ3) is 5.64. The van der Waals surface area contributed by atoms with Crippen molar-refractivity contribution in [1.82, 2.24) is 0 Å². The van der Waals surface area contributed by atoms with Gasteiger partial charge in [0.2, 0.25) is 0 Å². The molecule has 154 valence electrons. The lowest BCUT2D eigenvalue weighted by molar-refractivity contribution is 0.102. The highest BCUT2D eigenvalue weighted by atomic mass is 32.5. The highest BCUT2D eigenvalue weighted by Gasteiger charge is 2.65. The van der Waals surface area contributed by atoms with Crippen molar-refractivity contribution in [2.24, 2.45) is 0 Å². The van der Waals surface area contributed by atoms with Crippen LogP contribution in [0.3, 0.4) is 0 Å². The van der Waals surface area contributed by atoms with Crippen LogP contribution in [0.4, 0.5) is 25.1 Å². The Morgan fingerprint density at radius 3 is 1.93 bits per heavy atom. The lowest BCUT2D eigenvalue weighted by Crippen LogP contribution is -2.13. The lowest BCUT2D eigenvalue weighted by Gasteiger charge is -2.40. The Balaban J connectivity index is 1.72. The average molecular weight is 447 g/mol. The highest BCUT2D eigenvalue weighted by Crippen LogP contribution is 3.02. The van der Waals surface area contributed by atoms with Gasteiger partial charge in [-0.1, -0.05) is 37.3 Å². The third-order valence-corrected chi connectivity index (χ3v) is 5.89. The molecule has 3 aromatic carbocycles. The fourth-order valence-corrected chi connectivity index (χ4v) is 3.84. The molecule has 0 aliphatic carbocycles. The van der Waals surface area contributed by atoms with Crippen LogP contribution in [0.1, 0.15) is 10.4 Å². The number of hydrogen-bond donors (Lipinski definition) is 2. The maximum Gasteiger partial charge on any atom is 0.310 e. The molecule has 0 aromatic heterocycles. The second kappa shape index (κ2) is 6.67. The third-order valence-electron chi connectivity index (χ3n) is 3.73. The largest absolute Gasteiger partial charge is 0.508 e. The monoisotopic (exact) mass is 447 g/mol. The van der Waals surface area contributed by atoms with Gasteiger partial charge in [0.1, 0.15) is 10.6 Å². The molecule has 29 heavy (non-hydrogen) atoms. The Morgan fingerprint density at radius 2 is 1.38 bits per heavy atom. The summed E-state index contributed by atoms with van der Waals surface area (Å²) in [5, 5.41) is 11.5. The van der Waals surface area contributed by atoms with Gasteiger partial charge in [0.25, 0.3) is 5.91 Å².